The number of carbonyl (C=O) groups is 1. The molecule has 2 heterocycles. The van der Waals surface area contributed by atoms with Crippen molar-refractivity contribution in [3.8, 4) is 11.6 Å². The predicted molar refractivity (Wildman–Crippen MR) is 119 cm³/mol. The van der Waals surface area contributed by atoms with Crippen LogP contribution in [0.2, 0.25) is 0 Å². The number of amides is 1. The monoisotopic (exact) mass is 414 g/mol. The van der Waals surface area contributed by atoms with Crippen LogP contribution in [0.15, 0.2) is 79.4 Å². The first-order valence-electron chi connectivity index (χ1n) is 9.80. The molecule has 0 spiro atoms. The van der Waals surface area contributed by atoms with E-state index in [2.05, 4.69) is 25.6 Å². The van der Waals surface area contributed by atoms with Crippen molar-refractivity contribution < 1.29 is 9.53 Å². The molecule has 0 fully saturated rings. The van der Waals surface area contributed by atoms with Crippen LogP contribution in [0.25, 0.3) is 5.82 Å². The molecule has 4 aromatic rings. The van der Waals surface area contributed by atoms with E-state index in [9.17, 15) is 4.79 Å². The summed E-state index contributed by atoms with van der Waals surface area (Å²) in [7, 11) is 0. The van der Waals surface area contributed by atoms with Gasteiger partial charge in [-0.1, -0.05) is 18.2 Å². The number of hydrogen-bond acceptors (Lipinski definition) is 6. The van der Waals surface area contributed by atoms with E-state index in [1.54, 1.807) is 19.4 Å². The molecule has 2 aromatic heterocycles. The van der Waals surface area contributed by atoms with Gasteiger partial charge >= 0.3 is 0 Å². The van der Waals surface area contributed by atoms with Crippen molar-refractivity contribution in [3.05, 3.63) is 85.2 Å². The van der Waals surface area contributed by atoms with E-state index < -0.39 is 6.10 Å². The third-order valence-corrected chi connectivity index (χ3v) is 4.44. The second kappa shape index (κ2) is 9.08. The molecular formula is C23H22N6O2. The molecule has 8 nitrogen and oxygen atoms in total. The van der Waals surface area contributed by atoms with Crippen molar-refractivity contribution in [2.24, 2.45) is 0 Å². The Morgan fingerprint density at radius 1 is 1.03 bits per heavy atom. The summed E-state index contributed by atoms with van der Waals surface area (Å²) >= 11 is 0. The van der Waals surface area contributed by atoms with Crippen molar-refractivity contribution in [1.29, 1.82) is 0 Å². The lowest BCUT2D eigenvalue weighted by Gasteiger charge is -2.15. The largest absolute Gasteiger partial charge is 0.481 e. The number of aromatic nitrogens is 4. The summed E-state index contributed by atoms with van der Waals surface area (Å²) in [4.78, 5) is 25.3. The van der Waals surface area contributed by atoms with Gasteiger partial charge in [0.25, 0.3) is 5.91 Å². The summed E-state index contributed by atoms with van der Waals surface area (Å²) in [5, 5.41) is 6.12. The number of benzene rings is 2. The van der Waals surface area contributed by atoms with Crippen molar-refractivity contribution >= 4 is 23.1 Å². The van der Waals surface area contributed by atoms with Crippen LogP contribution in [0, 0.1) is 6.92 Å². The summed E-state index contributed by atoms with van der Waals surface area (Å²) in [6.07, 6.45) is 4.59. The Kier molecular flexibility index (Phi) is 5.89. The SMILES string of the molecule is Cc1nc(Nc2ccc(NC(=O)C(C)Oc3ccccc3)cc2)cc(-n2ccnc2)n1. The molecule has 156 valence electrons. The standard InChI is InChI=1S/C23H22N6O2/c1-16(31-20-6-4-3-5-7-20)23(30)28-19-10-8-18(9-11-19)27-21-14-22(26-17(2)25-21)29-13-12-24-15-29/h3-16H,1-2H3,(H,28,30)(H,25,26,27). The lowest BCUT2D eigenvalue weighted by Crippen LogP contribution is -2.30. The zero-order valence-electron chi connectivity index (χ0n) is 17.2. The van der Waals surface area contributed by atoms with Crippen molar-refractivity contribution in [2.45, 2.75) is 20.0 Å². The van der Waals surface area contributed by atoms with Gasteiger partial charge in [0.05, 0.1) is 0 Å². The summed E-state index contributed by atoms with van der Waals surface area (Å²) in [6, 6.07) is 18.5. The van der Waals surface area contributed by atoms with Gasteiger partial charge in [-0.3, -0.25) is 9.36 Å². The molecule has 8 heteroatoms. The van der Waals surface area contributed by atoms with Gasteiger partial charge in [0, 0.05) is 29.8 Å². The first-order chi connectivity index (χ1) is 15.1. The Morgan fingerprint density at radius 3 is 2.48 bits per heavy atom. The summed E-state index contributed by atoms with van der Waals surface area (Å²) in [5.74, 6) is 2.47. The van der Waals surface area contributed by atoms with Crippen LogP contribution in [-0.4, -0.2) is 31.5 Å². The quantitative estimate of drug-likeness (QED) is 0.472. The van der Waals surface area contributed by atoms with Gasteiger partial charge in [-0.05, 0) is 50.2 Å². The second-order valence-electron chi connectivity index (χ2n) is 6.89. The molecule has 0 radical (unpaired) electrons. The van der Waals surface area contributed by atoms with Crippen molar-refractivity contribution in [1.82, 2.24) is 19.5 Å². The average molecular weight is 414 g/mol. The highest BCUT2D eigenvalue weighted by Crippen LogP contribution is 2.20. The molecule has 0 aliphatic carbocycles. The molecule has 2 N–H and O–H groups in total. The third kappa shape index (κ3) is 5.24. The number of anilines is 3. The van der Waals surface area contributed by atoms with E-state index >= 15 is 0 Å². The molecule has 1 atom stereocenters. The molecule has 2 aromatic carbocycles. The van der Waals surface area contributed by atoms with E-state index in [1.165, 1.54) is 0 Å². The Bertz CT molecular complexity index is 1140. The van der Waals surface area contributed by atoms with Crippen molar-refractivity contribution in [2.75, 3.05) is 10.6 Å². The van der Waals surface area contributed by atoms with Crippen LogP contribution in [0.3, 0.4) is 0 Å². The number of nitrogens with one attached hydrogen (secondary N) is 2. The number of para-hydroxylation sites is 1. The smallest absolute Gasteiger partial charge is 0.265 e. The zero-order chi connectivity index (χ0) is 21.6. The number of imidazole rings is 1. The fourth-order valence-electron chi connectivity index (χ4n) is 2.93. The Morgan fingerprint density at radius 2 is 1.77 bits per heavy atom. The highest BCUT2D eigenvalue weighted by molar-refractivity contribution is 5.94. The Balaban J connectivity index is 1.39. The van der Waals surface area contributed by atoms with Crippen LogP contribution >= 0.6 is 0 Å². The lowest BCUT2D eigenvalue weighted by atomic mass is 10.2. The first-order valence-corrected chi connectivity index (χ1v) is 9.80. The minimum Gasteiger partial charge on any atom is -0.481 e. The van der Waals surface area contributed by atoms with Crippen LogP contribution in [0.4, 0.5) is 17.2 Å². The Hall–Kier alpha value is -4.20. The van der Waals surface area contributed by atoms with Crippen LogP contribution in [-0.2, 0) is 4.79 Å². The predicted octanol–water partition coefficient (Wildman–Crippen LogP) is 4.12. The Labute approximate surface area is 180 Å². The van der Waals surface area contributed by atoms with Gasteiger partial charge in [0.15, 0.2) is 6.10 Å². The van der Waals surface area contributed by atoms with E-state index in [4.69, 9.17) is 4.74 Å². The first kappa shape index (κ1) is 20.1. The summed E-state index contributed by atoms with van der Waals surface area (Å²) in [5.41, 5.74) is 1.51. The average Bonchev–Trinajstić information content (AvgIpc) is 3.30. The molecule has 0 aliphatic rings. The number of ether oxygens (including phenoxy) is 1. The molecule has 0 aliphatic heterocycles. The van der Waals surface area contributed by atoms with E-state index in [0.29, 0.717) is 23.1 Å². The number of hydrogen-bond donors (Lipinski definition) is 2. The molecule has 31 heavy (non-hydrogen) atoms. The fraction of sp³-hybridized carbons (Fsp3) is 0.130. The molecular weight excluding hydrogens is 392 g/mol. The molecule has 0 saturated heterocycles. The summed E-state index contributed by atoms with van der Waals surface area (Å²) < 4.78 is 7.48. The molecule has 0 bridgehead atoms. The number of aryl methyl sites for hydroxylation is 1. The normalized spacial score (nSPS) is 11.5. The number of rotatable bonds is 7. The minimum absolute atomic E-state index is 0.221. The highest BCUT2D eigenvalue weighted by atomic mass is 16.5. The minimum atomic E-state index is -0.620. The topological polar surface area (TPSA) is 94.0 Å². The number of nitrogens with zero attached hydrogens (tertiary/aromatic N) is 4. The third-order valence-electron chi connectivity index (χ3n) is 4.44. The van der Waals surface area contributed by atoms with Crippen LogP contribution in [0.1, 0.15) is 12.7 Å². The van der Waals surface area contributed by atoms with Gasteiger partial charge in [-0.25, -0.2) is 15.0 Å². The highest BCUT2D eigenvalue weighted by Gasteiger charge is 2.14. The molecule has 1 amide bonds. The van der Waals surface area contributed by atoms with Gasteiger partial charge in [0.2, 0.25) is 0 Å². The molecule has 4 rings (SSSR count). The van der Waals surface area contributed by atoms with Gasteiger partial charge in [0.1, 0.15) is 29.5 Å². The van der Waals surface area contributed by atoms with E-state index in [0.717, 1.165) is 11.5 Å². The van der Waals surface area contributed by atoms with E-state index in [-0.39, 0.29) is 5.91 Å². The zero-order valence-corrected chi connectivity index (χ0v) is 17.2. The number of carbonyl (C=O) groups excluding carboxylic acids is 1. The maximum Gasteiger partial charge on any atom is 0.265 e. The lowest BCUT2D eigenvalue weighted by molar-refractivity contribution is -0.122. The van der Waals surface area contributed by atoms with E-state index in [1.807, 2.05) is 78.4 Å². The fourth-order valence-corrected chi connectivity index (χ4v) is 2.93. The van der Waals surface area contributed by atoms with Crippen LogP contribution in [0.5, 0.6) is 5.75 Å². The van der Waals surface area contributed by atoms with Crippen LogP contribution < -0.4 is 15.4 Å². The van der Waals surface area contributed by atoms with Gasteiger partial charge in [-0.2, -0.15) is 0 Å². The van der Waals surface area contributed by atoms with Crippen molar-refractivity contribution in [3.63, 3.8) is 0 Å². The van der Waals surface area contributed by atoms with Gasteiger partial charge < -0.3 is 15.4 Å². The molecule has 1 unspecified atom stereocenters. The van der Waals surface area contributed by atoms with Gasteiger partial charge in [-0.15, -0.1) is 0 Å². The molecule has 0 saturated carbocycles. The maximum absolute atomic E-state index is 12.4. The second-order valence-corrected chi connectivity index (χ2v) is 6.89. The maximum atomic E-state index is 12.4. The summed E-state index contributed by atoms with van der Waals surface area (Å²) in [6.45, 7) is 3.55.